The van der Waals surface area contributed by atoms with Gasteiger partial charge in [-0.05, 0) is 26.2 Å². The Morgan fingerprint density at radius 1 is 0.818 bits per heavy atom. The number of carboxylic acid groups (broad SMARTS) is 1. The summed E-state index contributed by atoms with van der Waals surface area (Å²) >= 11 is 0. The fourth-order valence-corrected chi connectivity index (χ4v) is 3.95. The molecule has 9 heteroatoms. The standard InChI is InChI=1S/C24H44O9/c1-4-6-8-9-11-13-18(33-24-23(30)22(29)21(28)16(3)31-24)15-20(27)32-17(14-19(25)26)12-10-7-5-2/h16-18,21-24,28-30H,4-15H2,1-3H3,(H,25,26)/t16-,17-,18-,21-,22+,23+,24-/m0/s1. The SMILES string of the molecule is CCCCCCC[C@@H](CC(=O)O[C@@H](CCCCC)CC(=O)O)O[C@@H]1O[C@@H](C)[C@H](O)[C@@H](O)[C@H]1O. The molecule has 4 N–H and O–H groups in total. The van der Waals surface area contributed by atoms with E-state index in [4.69, 9.17) is 19.3 Å². The van der Waals surface area contributed by atoms with Gasteiger partial charge in [-0.1, -0.05) is 58.8 Å². The smallest absolute Gasteiger partial charge is 0.308 e. The average molecular weight is 477 g/mol. The van der Waals surface area contributed by atoms with E-state index in [1.807, 2.05) is 6.92 Å². The third-order valence-corrected chi connectivity index (χ3v) is 5.99. The van der Waals surface area contributed by atoms with Crippen LogP contribution < -0.4 is 0 Å². The van der Waals surface area contributed by atoms with Crippen molar-refractivity contribution in [2.75, 3.05) is 0 Å². The van der Waals surface area contributed by atoms with Gasteiger partial charge in [-0.2, -0.15) is 0 Å². The summed E-state index contributed by atoms with van der Waals surface area (Å²) < 4.78 is 16.9. The van der Waals surface area contributed by atoms with E-state index in [0.717, 1.165) is 51.4 Å². The summed E-state index contributed by atoms with van der Waals surface area (Å²) in [6.07, 6.45) is 1.02. The molecular weight excluding hydrogens is 432 g/mol. The van der Waals surface area contributed by atoms with Crippen LogP contribution >= 0.6 is 0 Å². The van der Waals surface area contributed by atoms with Crippen molar-refractivity contribution in [2.24, 2.45) is 0 Å². The van der Waals surface area contributed by atoms with Crippen LogP contribution in [0.1, 0.15) is 97.8 Å². The van der Waals surface area contributed by atoms with Crippen LogP contribution in [0.3, 0.4) is 0 Å². The molecule has 1 saturated heterocycles. The van der Waals surface area contributed by atoms with Crippen molar-refractivity contribution in [3.05, 3.63) is 0 Å². The van der Waals surface area contributed by atoms with E-state index >= 15 is 0 Å². The highest BCUT2D eigenvalue weighted by atomic mass is 16.7. The molecule has 0 aromatic heterocycles. The van der Waals surface area contributed by atoms with Crippen LogP contribution in [0.2, 0.25) is 0 Å². The van der Waals surface area contributed by atoms with Crippen LogP contribution in [0, 0.1) is 0 Å². The summed E-state index contributed by atoms with van der Waals surface area (Å²) in [7, 11) is 0. The lowest BCUT2D eigenvalue weighted by Crippen LogP contribution is -2.58. The highest BCUT2D eigenvalue weighted by Gasteiger charge is 2.43. The highest BCUT2D eigenvalue weighted by molar-refractivity contribution is 5.72. The first kappa shape index (κ1) is 29.8. The molecule has 0 aromatic carbocycles. The molecular formula is C24H44O9. The number of carbonyl (C=O) groups is 2. The largest absolute Gasteiger partial charge is 0.481 e. The van der Waals surface area contributed by atoms with Gasteiger partial charge in [0.1, 0.15) is 24.4 Å². The van der Waals surface area contributed by atoms with Crippen molar-refractivity contribution in [3.8, 4) is 0 Å². The van der Waals surface area contributed by atoms with Crippen LogP contribution in [0.5, 0.6) is 0 Å². The first-order valence-electron chi connectivity index (χ1n) is 12.5. The Labute approximate surface area is 197 Å². The van der Waals surface area contributed by atoms with Crippen molar-refractivity contribution in [2.45, 2.75) is 141 Å². The van der Waals surface area contributed by atoms with Gasteiger partial charge < -0.3 is 34.6 Å². The molecule has 1 aliphatic heterocycles. The van der Waals surface area contributed by atoms with Gasteiger partial charge in [0.2, 0.25) is 0 Å². The summed E-state index contributed by atoms with van der Waals surface area (Å²) in [5, 5.41) is 39.3. The molecule has 194 valence electrons. The van der Waals surface area contributed by atoms with Gasteiger partial charge in [0.25, 0.3) is 0 Å². The van der Waals surface area contributed by atoms with E-state index < -0.39 is 54.9 Å². The maximum atomic E-state index is 12.6. The zero-order chi connectivity index (χ0) is 24.8. The maximum absolute atomic E-state index is 12.6. The third-order valence-electron chi connectivity index (χ3n) is 5.99. The fourth-order valence-electron chi connectivity index (χ4n) is 3.95. The molecule has 7 atom stereocenters. The van der Waals surface area contributed by atoms with E-state index in [1.165, 1.54) is 0 Å². The van der Waals surface area contributed by atoms with E-state index in [9.17, 15) is 24.9 Å². The monoisotopic (exact) mass is 476 g/mol. The Bertz CT molecular complexity index is 556. The molecule has 1 aliphatic rings. The molecule has 0 radical (unpaired) electrons. The van der Waals surface area contributed by atoms with Crippen molar-refractivity contribution in [3.63, 3.8) is 0 Å². The van der Waals surface area contributed by atoms with Crippen LogP contribution in [-0.4, -0.2) is 75.3 Å². The number of aliphatic carboxylic acids is 1. The summed E-state index contributed by atoms with van der Waals surface area (Å²) in [5.74, 6) is -1.58. The number of aliphatic hydroxyl groups excluding tert-OH is 3. The van der Waals surface area contributed by atoms with Gasteiger partial charge in [-0.15, -0.1) is 0 Å². The Morgan fingerprint density at radius 2 is 1.39 bits per heavy atom. The molecule has 0 aliphatic carbocycles. The fraction of sp³-hybridized carbons (Fsp3) is 0.917. The molecule has 0 aromatic rings. The Hall–Kier alpha value is -1.26. The summed E-state index contributed by atoms with van der Waals surface area (Å²) in [4.78, 5) is 23.8. The Kier molecular flexibility index (Phi) is 14.8. The zero-order valence-corrected chi connectivity index (χ0v) is 20.4. The number of aliphatic hydroxyl groups is 3. The number of carboxylic acids is 1. The lowest BCUT2D eigenvalue weighted by molar-refractivity contribution is -0.304. The van der Waals surface area contributed by atoms with Gasteiger partial charge in [0, 0.05) is 0 Å². The number of esters is 1. The van der Waals surface area contributed by atoms with E-state index in [0.29, 0.717) is 12.8 Å². The Balaban J connectivity index is 2.74. The number of carbonyl (C=O) groups excluding carboxylic acids is 1. The van der Waals surface area contributed by atoms with Gasteiger partial charge >= 0.3 is 11.9 Å². The van der Waals surface area contributed by atoms with E-state index in [2.05, 4.69) is 6.92 Å². The van der Waals surface area contributed by atoms with Gasteiger partial charge in [-0.25, -0.2) is 0 Å². The molecule has 9 nitrogen and oxygen atoms in total. The second-order valence-corrected chi connectivity index (χ2v) is 9.05. The van der Waals surface area contributed by atoms with Crippen molar-refractivity contribution in [1.82, 2.24) is 0 Å². The number of unbranched alkanes of at least 4 members (excludes halogenated alkanes) is 6. The summed E-state index contributed by atoms with van der Waals surface area (Å²) in [5.41, 5.74) is 0. The van der Waals surface area contributed by atoms with Gasteiger partial charge in [-0.3, -0.25) is 9.59 Å². The average Bonchev–Trinajstić information content (AvgIpc) is 2.75. The number of ether oxygens (including phenoxy) is 3. The maximum Gasteiger partial charge on any atom is 0.308 e. The first-order valence-corrected chi connectivity index (χ1v) is 12.5. The zero-order valence-electron chi connectivity index (χ0n) is 20.4. The lowest BCUT2D eigenvalue weighted by atomic mass is 9.99. The molecule has 33 heavy (non-hydrogen) atoms. The third kappa shape index (κ3) is 11.6. The highest BCUT2D eigenvalue weighted by Crippen LogP contribution is 2.25. The van der Waals surface area contributed by atoms with Crippen molar-refractivity contribution in [1.29, 1.82) is 0 Å². The number of hydrogen-bond donors (Lipinski definition) is 4. The van der Waals surface area contributed by atoms with Gasteiger partial charge in [0.05, 0.1) is 25.0 Å². The normalized spacial score (nSPS) is 27.2. The van der Waals surface area contributed by atoms with Crippen molar-refractivity contribution >= 4 is 11.9 Å². The minimum absolute atomic E-state index is 0.114. The quantitative estimate of drug-likeness (QED) is 0.184. The molecule has 0 spiro atoms. The van der Waals surface area contributed by atoms with Crippen LogP contribution in [-0.2, 0) is 23.8 Å². The first-order chi connectivity index (χ1) is 15.7. The summed E-state index contributed by atoms with van der Waals surface area (Å²) in [6.45, 7) is 5.73. The van der Waals surface area contributed by atoms with Crippen LogP contribution in [0.15, 0.2) is 0 Å². The molecule has 1 fully saturated rings. The van der Waals surface area contributed by atoms with Crippen LogP contribution in [0.4, 0.5) is 0 Å². The Morgan fingerprint density at radius 3 is 2.03 bits per heavy atom. The second-order valence-electron chi connectivity index (χ2n) is 9.05. The summed E-state index contributed by atoms with van der Waals surface area (Å²) in [6, 6.07) is 0. The van der Waals surface area contributed by atoms with E-state index in [-0.39, 0.29) is 12.8 Å². The number of rotatable bonds is 17. The lowest BCUT2D eigenvalue weighted by Gasteiger charge is -2.40. The molecule has 1 rings (SSSR count). The molecule has 0 bridgehead atoms. The minimum Gasteiger partial charge on any atom is -0.481 e. The molecule has 0 amide bonds. The topological polar surface area (TPSA) is 143 Å². The van der Waals surface area contributed by atoms with E-state index in [1.54, 1.807) is 6.92 Å². The van der Waals surface area contributed by atoms with Crippen LogP contribution in [0.25, 0.3) is 0 Å². The van der Waals surface area contributed by atoms with Gasteiger partial charge in [0.15, 0.2) is 6.29 Å². The molecule has 1 heterocycles. The predicted octanol–water partition coefficient (Wildman–Crippen LogP) is 2.92. The molecule has 0 unspecified atom stereocenters. The second kappa shape index (κ2) is 16.4. The minimum atomic E-state index is -1.45. The number of hydrogen-bond acceptors (Lipinski definition) is 8. The predicted molar refractivity (Wildman–Crippen MR) is 121 cm³/mol. The van der Waals surface area contributed by atoms with Crippen molar-refractivity contribution < 1.29 is 44.2 Å². The molecule has 0 saturated carbocycles.